The molecule has 0 saturated carbocycles. The molecule has 0 radical (unpaired) electrons. The van der Waals surface area contributed by atoms with Gasteiger partial charge < -0.3 is 10.2 Å². The van der Waals surface area contributed by atoms with E-state index in [-0.39, 0.29) is 16.6 Å². The van der Waals surface area contributed by atoms with Gasteiger partial charge in [-0.15, -0.1) is 16.4 Å². The Hall–Kier alpha value is -2.42. The monoisotopic (exact) mass is 477 g/mol. The van der Waals surface area contributed by atoms with E-state index in [9.17, 15) is 9.59 Å². The zero-order valence-corrected chi connectivity index (χ0v) is 19.2. The van der Waals surface area contributed by atoms with Crippen LogP contribution in [0.3, 0.4) is 0 Å². The summed E-state index contributed by atoms with van der Waals surface area (Å²) in [5, 5.41) is 13.4. The zero-order valence-electron chi connectivity index (χ0n) is 16.8. The van der Waals surface area contributed by atoms with Gasteiger partial charge in [-0.3, -0.25) is 9.59 Å². The van der Waals surface area contributed by atoms with Gasteiger partial charge in [0.1, 0.15) is 6.04 Å². The Morgan fingerprint density at radius 1 is 1.29 bits per heavy atom. The molecule has 31 heavy (non-hydrogen) atoms. The number of aromatic nitrogens is 3. The van der Waals surface area contributed by atoms with Crippen LogP contribution in [-0.4, -0.2) is 44.3 Å². The van der Waals surface area contributed by atoms with Crippen LogP contribution in [0.15, 0.2) is 35.8 Å². The van der Waals surface area contributed by atoms with Crippen LogP contribution in [0.2, 0.25) is 10.0 Å². The van der Waals surface area contributed by atoms with E-state index in [0.29, 0.717) is 30.2 Å². The first-order chi connectivity index (χ1) is 15.0. The lowest BCUT2D eigenvalue weighted by molar-refractivity contribution is -0.134. The number of amides is 2. The Kier molecular flexibility index (Phi) is 6.60. The highest BCUT2D eigenvalue weighted by Gasteiger charge is 2.29. The quantitative estimate of drug-likeness (QED) is 0.578. The van der Waals surface area contributed by atoms with E-state index in [0.717, 1.165) is 12.8 Å². The summed E-state index contributed by atoms with van der Waals surface area (Å²) in [4.78, 5) is 29.4. The fraction of sp³-hybridized carbons (Fsp3) is 0.333. The van der Waals surface area contributed by atoms with E-state index in [2.05, 4.69) is 27.1 Å². The predicted octanol–water partition coefficient (Wildman–Crippen LogP) is 4.12. The second kappa shape index (κ2) is 9.38. The first kappa shape index (κ1) is 21.8. The Labute approximate surface area is 193 Å². The highest BCUT2D eigenvalue weighted by Crippen LogP contribution is 2.29. The average molecular weight is 478 g/mol. The van der Waals surface area contributed by atoms with Gasteiger partial charge in [0.15, 0.2) is 5.69 Å². The van der Waals surface area contributed by atoms with Gasteiger partial charge in [0, 0.05) is 18.0 Å². The van der Waals surface area contributed by atoms with Crippen molar-refractivity contribution in [2.45, 2.75) is 38.8 Å². The van der Waals surface area contributed by atoms with Gasteiger partial charge in [0.05, 0.1) is 21.9 Å². The highest BCUT2D eigenvalue weighted by molar-refractivity contribution is 7.10. The number of halogens is 2. The molecule has 10 heteroatoms. The topological polar surface area (TPSA) is 80.1 Å². The molecule has 162 valence electrons. The number of nitrogens with one attached hydrogen (secondary N) is 1. The van der Waals surface area contributed by atoms with Crippen molar-refractivity contribution in [2.75, 3.05) is 6.54 Å². The van der Waals surface area contributed by atoms with E-state index in [1.165, 1.54) is 21.3 Å². The Bertz CT molecular complexity index is 1110. The second-order valence-electron chi connectivity index (χ2n) is 7.30. The predicted molar refractivity (Wildman–Crippen MR) is 121 cm³/mol. The highest BCUT2D eigenvalue weighted by atomic mass is 35.5. The number of rotatable bonds is 6. The van der Waals surface area contributed by atoms with E-state index in [4.69, 9.17) is 23.2 Å². The van der Waals surface area contributed by atoms with Gasteiger partial charge in [-0.05, 0) is 42.0 Å². The molecule has 0 aliphatic carbocycles. The number of nitrogens with zero attached hydrogens (tertiary/aromatic N) is 4. The standard InChI is InChI=1S/C21H21Cl2N5O2S/c1-2-4-15(21(30)27-9-7-18-13(12-27)8-10-31-18)25-20(29)17-11-24-26-28(17)16-6-3-5-14(22)19(16)23/h3,5-6,8,10-11,15H,2,4,7,9,12H2,1H3,(H,25,29). The van der Waals surface area contributed by atoms with Gasteiger partial charge in [-0.1, -0.05) is 47.8 Å². The minimum Gasteiger partial charge on any atom is -0.339 e. The molecular weight excluding hydrogens is 457 g/mol. The molecule has 0 spiro atoms. The number of benzene rings is 1. The molecule has 7 nitrogen and oxygen atoms in total. The molecule has 4 rings (SSSR count). The van der Waals surface area contributed by atoms with Crippen LogP contribution < -0.4 is 5.32 Å². The van der Waals surface area contributed by atoms with Crippen molar-refractivity contribution in [2.24, 2.45) is 0 Å². The molecule has 3 aromatic rings. The van der Waals surface area contributed by atoms with Crippen LogP contribution in [-0.2, 0) is 17.8 Å². The summed E-state index contributed by atoms with van der Waals surface area (Å²) in [5.41, 5.74) is 1.80. The molecule has 1 aromatic carbocycles. The van der Waals surface area contributed by atoms with Gasteiger partial charge in [0.2, 0.25) is 5.91 Å². The minimum absolute atomic E-state index is 0.0770. The van der Waals surface area contributed by atoms with Crippen molar-refractivity contribution in [1.29, 1.82) is 0 Å². The fourth-order valence-corrected chi connectivity index (χ4v) is 4.92. The van der Waals surface area contributed by atoms with E-state index < -0.39 is 11.9 Å². The summed E-state index contributed by atoms with van der Waals surface area (Å²) in [5.74, 6) is -0.520. The third kappa shape index (κ3) is 4.46. The molecule has 1 aliphatic rings. The lowest BCUT2D eigenvalue weighted by Crippen LogP contribution is -2.49. The molecule has 1 unspecified atom stereocenters. The first-order valence-electron chi connectivity index (χ1n) is 9.99. The molecule has 0 saturated heterocycles. The van der Waals surface area contributed by atoms with E-state index in [1.807, 2.05) is 11.8 Å². The van der Waals surface area contributed by atoms with Crippen LogP contribution >= 0.6 is 34.5 Å². The molecule has 1 aliphatic heterocycles. The third-order valence-corrected chi connectivity index (χ3v) is 7.07. The molecule has 1 N–H and O–H groups in total. The molecule has 0 bridgehead atoms. The number of carbonyl (C=O) groups excluding carboxylic acids is 2. The van der Waals surface area contributed by atoms with Gasteiger partial charge in [-0.25, -0.2) is 4.68 Å². The number of hydrogen-bond donors (Lipinski definition) is 1. The van der Waals surface area contributed by atoms with Gasteiger partial charge in [-0.2, -0.15) is 0 Å². The maximum atomic E-state index is 13.2. The van der Waals surface area contributed by atoms with Crippen molar-refractivity contribution in [3.05, 3.63) is 62.0 Å². The number of hydrogen-bond acceptors (Lipinski definition) is 5. The van der Waals surface area contributed by atoms with Crippen molar-refractivity contribution < 1.29 is 9.59 Å². The first-order valence-corrected chi connectivity index (χ1v) is 11.6. The van der Waals surface area contributed by atoms with Crippen LogP contribution in [0.5, 0.6) is 0 Å². The minimum atomic E-state index is -0.629. The Morgan fingerprint density at radius 2 is 2.13 bits per heavy atom. The van der Waals surface area contributed by atoms with Crippen molar-refractivity contribution in [1.82, 2.24) is 25.2 Å². The van der Waals surface area contributed by atoms with Crippen LogP contribution in [0.1, 0.15) is 40.7 Å². The average Bonchev–Trinajstić information content (AvgIpc) is 3.43. The summed E-state index contributed by atoms with van der Waals surface area (Å²) in [7, 11) is 0. The smallest absolute Gasteiger partial charge is 0.272 e. The molecule has 0 fully saturated rings. The van der Waals surface area contributed by atoms with Gasteiger partial charge in [0.25, 0.3) is 5.91 Å². The van der Waals surface area contributed by atoms with Crippen LogP contribution in [0.4, 0.5) is 0 Å². The maximum Gasteiger partial charge on any atom is 0.272 e. The van der Waals surface area contributed by atoms with Crippen molar-refractivity contribution in [3.8, 4) is 5.69 Å². The van der Waals surface area contributed by atoms with E-state index >= 15 is 0 Å². The number of thiophene rings is 1. The zero-order chi connectivity index (χ0) is 22.0. The lowest BCUT2D eigenvalue weighted by Gasteiger charge is -2.30. The normalized spacial score (nSPS) is 14.2. The van der Waals surface area contributed by atoms with Crippen LogP contribution in [0, 0.1) is 0 Å². The summed E-state index contributed by atoms with van der Waals surface area (Å²) in [6, 6.07) is 6.49. The summed E-state index contributed by atoms with van der Waals surface area (Å²) < 4.78 is 1.33. The largest absolute Gasteiger partial charge is 0.339 e. The van der Waals surface area contributed by atoms with Crippen molar-refractivity contribution in [3.63, 3.8) is 0 Å². The van der Waals surface area contributed by atoms with Crippen LogP contribution in [0.25, 0.3) is 5.69 Å². The Balaban J connectivity index is 1.53. The molecule has 2 amide bonds. The maximum absolute atomic E-state index is 13.2. The molecule has 3 heterocycles. The SMILES string of the molecule is CCCC(NC(=O)c1cnnn1-c1cccc(Cl)c1Cl)C(=O)N1CCc2sccc2C1. The van der Waals surface area contributed by atoms with Gasteiger partial charge >= 0.3 is 0 Å². The second-order valence-corrected chi connectivity index (χ2v) is 9.08. The lowest BCUT2D eigenvalue weighted by atomic mass is 10.1. The number of carbonyl (C=O) groups is 2. The molecule has 1 atom stereocenters. The summed E-state index contributed by atoms with van der Waals surface area (Å²) >= 11 is 14.1. The molecule has 2 aromatic heterocycles. The Morgan fingerprint density at radius 3 is 2.94 bits per heavy atom. The number of fused-ring (bicyclic) bond motifs is 1. The van der Waals surface area contributed by atoms with E-state index in [1.54, 1.807) is 29.5 Å². The van der Waals surface area contributed by atoms with Crippen molar-refractivity contribution >= 4 is 46.4 Å². The molecular formula is C21H21Cl2N5O2S. The summed E-state index contributed by atoms with van der Waals surface area (Å²) in [6.45, 7) is 3.21. The fourth-order valence-electron chi connectivity index (χ4n) is 3.66. The summed E-state index contributed by atoms with van der Waals surface area (Å²) in [6.07, 6.45) is 3.48. The third-order valence-electron chi connectivity index (χ3n) is 5.24.